The number of fused-ring (bicyclic) bond motifs is 4. The Balaban J connectivity index is 0.000000182. The fraction of sp³-hybridized carbons (Fsp3) is 0.377. The van der Waals surface area contributed by atoms with Crippen LogP contribution in [-0.2, 0) is 35.5 Å². The van der Waals surface area contributed by atoms with Crippen molar-refractivity contribution in [3.05, 3.63) is 143 Å². The molecule has 0 spiro atoms. The Morgan fingerprint density at radius 1 is 0.588 bits per heavy atom. The molecule has 410 valence electrons. The molecule has 7 heterocycles. The third-order valence-electron chi connectivity index (χ3n) is 16.3. The van der Waals surface area contributed by atoms with E-state index in [0.29, 0.717) is 83.4 Å². The maximum atomic E-state index is 13.8. The lowest BCUT2D eigenvalue weighted by atomic mass is 9.99. The lowest BCUT2D eigenvalue weighted by Gasteiger charge is -2.42. The van der Waals surface area contributed by atoms with Crippen LogP contribution in [0.15, 0.2) is 98.1 Å². The maximum Gasteiger partial charge on any atom is 0.374 e. The van der Waals surface area contributed by atoms with Gasteiger partial charge in [-0.15, -0.1) is 0 Å². The van der Waals surface area contributed by atoms with Crippen LogP contribution in [0.1, 0.15) is 67.7 Å². The highest BCUT2D eigenvalue weighted by Crippen LogP contribution is 2.38. The zero-order valence-corrected chi connectivity index (χ0v) is 45.7. The highest BCUT2D eigenvalue weighted by molar-refractivity contribution is 5.98. The molecule has 3 saturated heterocycles. The molecule has 0 aliphatic carbocycles. The smallest absolute Gasteiger partial charge is 0.374 e. The molecular formula is C61H66N14O5. The van der Waals surface area contributed by atoms with E-state index in [4.69, 9.17) is 9.97 Å². The van der Waals surface area contributed by atoms with Crippen LogP contribution < -0.4 is 19.6 Å². The third kappa shape index (κ3) is 10.9. The summed E-state index contributed by atoms with van der Waals surface area (Å²) in [6, 6.07) is 29.1. The first-order valence-corrected chi connectivity index (χ1v) is 27.4. The number of carbonyl (C=O) groups is 4. The van der Waals surface area contributed by atoms with Gasteiger partial charge < -0.3 is 44.3 Å². The lowest BCUT2D eigenvalue weighted by molar-refractivity contribution is -0.129. The van der Waals surface area contributed by atoms with Crippen LogP contribution in [0.2, 0.25) is 0 Å². The molecule has 2 aromatic heterocycles. The average Bonchev–Trinajstić information content (AvgIpc) is 3.52. The molecule has 19 nitrogen and oxygen atoms in total. The highest BCUT2D eigenvalue weighted by atomic mass is 16.4. The molecule has 0 unspecified atom stereocenters. The number of nitrogens with zero attached hydrogens (tertiary/aromatic N) is 14. The second kappa shape index (κ2) is 23.6. The van der Waals surface area contributed by atoms with Crippen molar-refractivity contribution >= 4 is 68.2 Å². The first kappa shape index (κ1) is 54.4. The summed E-state index contributed by atoms with van der Waals surface area (Å²) in [5.74, 6) is -0.398. The van der Waals surface area contributed by atoms with Crippen molar-refractivity contribution in [3.8, 4) is 12.1 Å². The number of carboxylic acid groups (broad SMARTS) is 1. The Bertz CT molecular complexity index is 3500. The molecule has 0 saturated carbocycles. The molecule has 19 heteroatoms. The molecule has 0 radical (unpaired) electrons. The van der Waals surface area contributed by atoms with Gasteiger partial charge >= 0.3 is 5.97 Å². The topological polar surface area (TPSA) is 214 Å². The average molecular weight is 1080 g/mol. The Kier molecular flexibility index (Phi) is 16.0. The molecule has 2 atom stereocenters. The van der Waals surface area contributed by atoms with Crippen molar-refractivity contribution in [3.63, 3.8) is 0 Å². The number of aromatic nitrogens is 4. The fourth-order valence-electron chi connectivity index (χ4n) is 12.1. The monoisotopic (exact) mass is 1070 g/mol. The summed E-state index contributed by atoms with van der Waals surface area (Å²) >= 11 is 0. The number of carbonyl (C=O) groups excluding carboxylic acids is 3. The number of hydrogen-bond acceptors (Lipinski definition) is 15. The Hall–Kier alpha value is -8.94. The molecule has 80 heavy (non-hydrogen) atoms. The van der Waals surface area contributed by atoms with E-state index in [9.17, 15) is 34.8 Å². The normalized spacial score (nSPS) is 18.3. The first-order chi connectivity index (χ1) is 38.8. The molecule has 5 aliphatic rings. The van der Waals surface area contributed by atoms with Crippen LogP contribution >= 0.6 is 0 Å². The zero-order valence-electron chi connectivity index (χ0n) is 45.7. The van der Waals surface area contributed by atoms with Gasteiger partial charge in [-0.2, -0.15) is 10.5 Å². The van der Waals surface area contributed by atoms with Gasteiger partial charge in [0.05, 0.1) is 61.5 Å². The van der Waals surface area contributed by atoms with Crippen molar-refractivity contribution in [1.29, 1.82) is 10.5 Å². The van der Waals surface area contributed by atoms with E-state index < -0.39 is 5.97 Å². The van der Waals surface area contributed by atoms with Gasteiger partial charge in [-0.25, -0.2) is 24.7 Å². The number of anilines is 4. The van der Waals surface area contributed by atoms with E-state index in [1.165, 1.54) is 45.1 Å². The van der Waals surface area contributed by atoms with E-state index in [2.05, 4.69) is 136 Å². The molecule has 4 aromatic carbocycles. The number of aryl methyl sites for hydroxylation is 2. The van der Waals surface area contributed by atoms with E-state index in [1.807, 2.05) is 21.9 Å². The van der Waals surface area contributed by atoms with Gasteiger partial charge in [-0.05, 0) is 79.9 Å². The van der Waals surface area contributed by atoms with Gasteiger partial charge in [0.15, 0.2) is 0 Å². The number of likely N-dealkylation sites (N-methyl/N-ethyl adjacent to an activating group) is 1. The van der Waals surface area contributed by atoms with Crippen LogP contribution in [-0.4, -0.2) is 166 Å². The predicted molar refractivity (Wildman–Crippen MR) is 308 cm³/mol. The van der Waals surface area contributed by atoms with Gasteiger partial charge in [0.25, 0.3) is 5.91 Å². The summed E-state index contributed by atoms with van der Waals surface area (Å²) in [5, 5.41) is 33.5. The van der Waals surface area contributed by atoms with Gasteiger partial charge in [0.1, 0.15) is 11.6 Å². The van der Waals surface area contributed by atoms with Crippen molar-refractivity contribution in [1.82, 2.24) is 39.5 Å². The molecule has 5 aliphatic heterocycles. The lowest BCUT2D eigenvalue weighted by Crippen LogP contribution is -2.55. The van der Waals surface area contributed by atoms with E-state index in [0.717, 1.165) is 66.3 Å². The number of carboxylic acids is 1. The van der Waals surface area contributed by atoms with Crippen molar-refractivity contribution in [2.24, 2.45) is 0 Å². The van der Waals surface area contributed by atoms with Crippen molar-refractivity contribution in [2.75, 3.05) is 105 Å². The van der Waals surface area contributed by atoms with E-state index in [1.54, 1.807) is 9.80 Å². The Morgan fingerprint density at radius 2 is 1.02 bits per heavy atom. The minimum Gasteiger partial charge on any atom is -0.475 e. The largest absolute Gasteiger partial charge is 0.475 e. The molecule has 0 bridgehead atoms. The first-order valence-electron chi connectivity index (χ1n) is 27.4. The number of aromatic carboxylic acids is 1. The van der Waals surface area contributed by atoms with Crippen molar-refractivity contribution in [2.45, 2.75) is 64.7 Å². The van der Waals surface area contributed by atoms with Gasteiger partial charge in [-0.3, -0.25) is 14.4 Å². The van der Waals surface area contributed by atoms with Gasteiger partial charge in [0, 0.05) is 112 Å². The third-order valence-corrected chi connectivity index (χ3v) is 16.3. The second-order valence-corrected chi connectivity index (χ2v) is 21.1. The number of benzene rings is 4. The number of nitriles is 2. The molecule has 11 rings (SSSR count). The standard InChI is InChI=1S/C33H38N8O2.C28H28N6O3/c1-4-29(42)41-20-19-40(21-25(41)11-13-34)32-26-12-14-39(28-10-6-9-24-8-5-7-23(2)30(24)28)22-27(26)35-31(36-32)33(43)38-17-15-37(3)16-18-38;1-3-24(35)34-15-14-33(16-20(34)10-12-29)27-21-11-13-32(17-22(21)30-26(31-27)28(36)37)23-9-5-8-19-7-4-6-18(2)25(19)23/h4-10,25H,1,11-12,14-22H2,2-3H3;3-9,20H,1,10-11,13-17H2,2H3,(H,36,37)/t25-;20-/m00/s1. The SMILES string of the molecule is C=CC(=O)N1CCN(c2nc(C(=O)N3CCN(C)CC3)nc3c2CCN(c2cccc4cccc(C)c24)C3)C[C@@H]1CC#N.C=CC(=O)N1CCN(c2nc(C(=O)O)nc3c2CCN(c2cccc4cccc(C)c24)C3)C[C@@H]1CC#N. The highest BCUT2D eigenvalue weighted by Gasteiger charge is 2.37. The predicted octanol–water partition coefficient (Wildman–Crippen LogP) is 6.32. The minimum absolute atomic E-state index is 0.149. The van der Waals surface area contributed by atoms with E-state index in [-0.39, 0.29) is 54.3 Å². The molecule has 6 aromatic rings. The van der Waals surface area contributed by atoms with E-state index >= 15 is 0 Å². The number of hydrogen-bond donors (Lipinski definition) is 1. The van der Waals surface area contributed by atoms with Gasteiger partial charge in [-0.1, -0.05) is 73.8 Å². The second-order valence-electron chi connectivity index (χ2n) is 21.1. The van der Waals surface area contributed by atoms with Crippen LogP contribution in [0.25, 0.3) is 21.5 Å². The molecule has 3 amide bonds. The fourth-order valence-corrected chi connectivity index (χ4v) is 12.1. The molecule has 3 fully saturated rings. The quantitative estimate of drug-likeness (QED) is 0.149. The zero-order chi connectivity index (χ0) is 56.2. The molecular weight excluding hydrogens is 1010 g/mol. The van der Waals surface area contributed by atoms with Crippen LogP contribution in [0, 0.1) is 36.5 Å². The summed E-state index contributed by atoms with van der Waals surface area (Å²) < 4.78 is 0. The summed E-state index contributed by atoms with van der Waals surface area (Å²) in [6.07, 6.45) is 4.34. The van der Waals surface area contributed by atoms with Crippen LogP contribution in [0.4, 0.5) is 23.0 Å². The minimum atomic E-state index is -1.18. The van der Waals surface area contributed by atoms with Crippen LogP contribution in [0.5, 0.6) is 0 Å². The van der Waals surface area contributed by atoms with Gasteiger partial charge in [0.2, 0.25) is 23.5 Å². The Morgan fingerprint density at radius 3 is 1.46 bits per heavy atom. The Labute approximate surface area is 466 Å². The summed E-state index contributed by atoms with van der Waals surface area (Å²) in [4.78, 5) is 85.6. The summed E-state index contributed by atoms with van der Waals surface area (Å²) in [5.41, 5.74) is 8.21. The number of amides is 3. The summed E-state index contributed by atoms with van der Waals surface area (Å²) in [7, 11) is 2.06. The van der Waals surface area contributed by atoms with Crippen LogP contribution in [0.3, 0.4) is 0 Å². The number of rotatable bonds is 10. The maximum absolute atomic E-state index is 13.8. The molecule has 1 N–H and O–H groups in total. The summed E-state index contributed by atoms with van der Waals surface area (Å²) in [6.45, 7) is 19.7. The number of piperazine rings is 3. The van der Waals surface area contributed by atoms with Crippen molar-refractivity contribution < 1.29 is 24.3 Å².